The van der Waals surface area contributed by atoms with E-state index in [4.69, 9.17) is 10.5 Å². The Morgan fingerprint density at radius 2 is 2.35 bits per heavy atom. The second-order valence-electron chi connectivity index (χ2n) is 4.28. The fraction of sp³-hybridized carbons (Fsp3) is 0.250. The molecular formula is C12H12BrN3O. The molecule has 1 aromatic heterocycles. The van der Waals surface area contributed by atoms with Crippen LogP contribution >= 0.6 is 15.9 Å². The third-order valence-corrected chi connectivity index (χ3v) is 3.52. The Balaban J connectivity index is 2.13. The van der Waals surface area contributed by atoms with Gasteiger partial charge >= 0.3 is 0 Å². The number of fused-ring (bicyclic) bond motifs is 1. The lowest BCUT2D eigenvalue weighted by atomic mass is 10.0. The van der Waals surface area contributed by atoms with Gasteiger partial charge in [-0.05, 0) is 46.1 Å². The van der Waals surface area contributed by atoms with Crippen molar-refractivity contribution >= 4 is 21.7 Å². The Bertz CT molecular complexity index is 579. The highest BCUT2D eigenvalue weighted by molar-refractivity contribution is 9.10. The number of rotatable bonds is 1. The molecule has 3 N–H and O–H groups in total. The summed E-state index contributed by atoms with van der Waals surface area (Å²) >= 11 is 3.54. The third-order valence-electron chi connectivity index (χ3n) is 2.93. The molecule has 4 nitrogen and oxygen atoms in total. The number of halogens is 1. The van der Waals surface area contributed by atoms with Gasteiger partial charge in [-0.2, -0.15) is 5.10 Å². The Morgan fingerprint density at radius 1 is 1.53 bits per heavy atom. The molecule has 0 saturated heterocycles. The van der Waals surface area contributed by atoms with Crippen LogP contribution in [0.2, 0.25) is 0 Å². The Labute approximate surface area is 107 Å². The summed E-state index contributed by atoms with van der Waals surface area (Å²) in [7, 11) is 0. The predicted molar refractivity (Wildman–Crippen MR) is 69.9 cm³/mol. The molecule has 0 fully saturated rings. The number of anilines is 1. The van der Waals surface area contributed by atoms with Crippen LogP contribution in [0.15, 0.2) is 22.8 Å². The predicted octanol–water partition coefficient (Wildman–Crippen LogP) is 2.74. The Hall–Kier alpha value is -1.49. The fourth-order valence-corrected chi connectivity index (χ4v) is 2.76. The van der Waals surface area contributed by atoms with E-state index in [0.29, 0.717) is 5.82 Å². The molecule has 1 aliphatic heterocycles. The van der Waals surface area contributed by atoms with E-state index >= 15 is 0 Å². The standard InChI is InChI=1S/C12H12BrN3O/c1-6-2-8-3-7(4-10(13)11(8)17-6)9-5-15-16-12(9)14/h3-6H,2H2,1H3,(H3,14,15,16). The average molecular weight is 294 g/mol. The van der Waals surface area contributed by atoms with E-state index in [1.807, 2.05) is 6.07 Å². The van der Waals surface area contributed by atoms with Crippen molar-refractivity contribution in [2.45, 2.75) is 19.4 Å². The minimum atomic E-state index is 0.234. The first kappa shape index (κ1) is 10.7. The van der Waals surface area contributed by atoms with Gasteiger partial charge in [-0.15, -0.1) is 0 Å². The normalized spacial score (nSPS) is 17.9. The van der Waals surface area contributed by atoms with Crippen molar-refractivity contribution in [2.24, 2.45) is 0 Å². The van der Waals surface area contributed by atoms with Gasteiger partial charge in [-0.3, -0.25) is 5.10 Å². The first-order valence-corrected chi connectivity index (χ1v) is 6.22. The molecule has 0 bridgehead atoms. The number of hydrogen-bond acceptors (Lipinski definition) is 3. The van der Waals surface area contributed by atoms with E-state index < -0.39 is 0 Å². The van der Waals surface area contributed by atoms with Crippen molar-refractivity contribution in [1.82, 2.24) is 10.2 Å². The maximum absolute atomic E-state index is 5.83. The van der Waals surface area contributed by atoms with Gasteiger partial charge in [-0.25, -0.2) is 0 Å². The molecule has 5 heteroatoms. The second kappa shape index (κ2) is 3.77. The van der Waals surface area contributed by atoms with Crippen molar-refractivity contribution in [3.8, 4) is 16.9 Å². The number of aromatic amines is 1. The van der Waals surface area contributed by atoms with Crippen molar-refractivity contribution in [1.29, 1.82) is 0 Å². The lowest BCUT2D eigenvalue weighted by Gasteiger charge is -2.07. The summed E-state index contributed by atoms with van der Waals surface area (Å²) in [5.41, 5.74) is 9.02. The first-order valence-electron chi connectivity index (χ1n) is 5.43. The fourth-order valence-electron chi connectivity index (χ4n) is 2.17. The van der Waals surface area contributed by atoms with E-state index in [2.05, 4.69) is 39.1 Å². The van der Waals surface area contributed by atoms with Crippen molar-refractivity contribution < 1.29 is 4.74 Å². The quantitative estimate of drug-likeness (QED) is 0.850. The van der Waals surface area contributed by atoms with Crippen LogP contribution in [0.1, 0.15) is 12.5 Å². The number of nitrogens with one attached hydrogen (secondary N) is 1. The van der Waals surface area contributed by atoms with Crippen LogP contribution in [0.25, 0.3) is 11.1 Å². The number of aromatic nitrogens is 2. The summed E-state index contributed by atoms with van der Waals surface area (Å²) in [5.74, 6) is 1.53. The zero-order chi connectivity index (χ0) is 12.0. The molecule has 0 saturated carbocycles. The second-order valence-corrected chi connectivity index (χ2v) is 5.13. The zero-order valence-corrected chi connectivity index (χ0v) is 10.9. The number of benzene rings is 1. The number of hydrogen-bond donors (Lipinski definition) is 2. The van der Waals surface area contributed by atoms with Gasteiger partial charge in [0.2, 0.25) is 0 Å². The van der Waals surface area contributed by atoms with Crippen molar-refractivity contribution in [2.75, 3.05) is 5.73 Å². The summed E-state index contributed by atoms with van der Waals surface area (Å²) in [6.45, 7) is 2.07. The van der Waals surface area contributed by atoms with Gasteiger partial charge in [0.1, 0.15) is 17.7 Å². The van der Waals surface area contributed by atoms with Gasteiger partial charge in [0.25, 0.3) is 0 Å². The van der Waals surface area contributed by atoms with E-state index in [9.17, 15) is 0 Å². The number of nitrogens with two attached hydrogens (primary N) is 1. The van der Waals surface area contributed by atoms with Crippen LogP contribution in [0.5, 0.6) is 5.75 Å². The number of ether oxygens (including phenoxy) is 1. The van der Waals surface area contributed by atoms with E-state index in [0.717, 1.165) is 27.8 Å². The summed E-state index contributed by atoms with van der Waals surface area (Å²) < 4.78 is 6.71. The summed E-state index contributed by atoms with van der Waals surface area (Å²) in [6, 6.07) is 4.13. The topological polar surface area (TPSA) is 63.9 Å². The van der Waals surface area contributed by atoms with E-state index in [1.54, 1.807) is 6.20 Å². The number of nitrogen functional groups attached to an aromatic ring is 1. The van der Waals surface area contributed by atoms with Gasteiger partial charge in [0, 0.05) is 12.0 Å². The Morgan fingerprint density at radius 3 is 3.06 bits per heavy atom. The maximum Gasteiger partial charge on any atom is 0.137 e. The molecule has 0 spiro atoms. The molecule has 0 amide bonds. The molecule has 88 valence electrons. The van der Waals surface area contributed by atoms with Gasteiger partial charge in [0.05, 0.1) is 10.7 Å². The van der Waals surface area contributed by atoms with Crippen molar-refractivity contribution in [3.05, 3.63) is 28.4 Å². The Kier molecular flexibility index (Phi) is 2.36. The maximum atomic E-state index is 5.83. The van der Waals surface area contributed by atoms with E-state index in [1.165, 1.54) is 5.56 Å². The van der Waals surface area contributed by atoms with Gasteiger partial charge < -0.3 is 10.5 Å². The lowest BCUT2D eigenvalue weighted by Crippen LogP contribution is -2.05. The van der Waals surface area contributed by atoms with Crippen LogP contribution in [-0.4, -0.2) is 16.3 Å². The molecule has 0 radical (unpaired) electrons. The SMILES string of the molecule is CC1Cc2cc(-c3cn[nH]c3N)cc(Br)c2O1. The minimum absolute atomic E-state index is 0.234. The summed E-state index contributed by atoms with van der Waals surface area (Å²) in [5, 5.41) is 6.68. The number of H-pyrrole nitrogens is 1. The summed E-state index contributed by atoms with van der Waals surface area (Å²) in [6.07, 6.45) is 2.90. The zero-order valence-electron chi connectivity index (χ0n) is 9.33. The van der Waals surface area contributed by atoms with Gasteiger partial charge in [-0.1, -0.05) is 0 Å². The molecule has 2 heterocycles. The third kappa shape index (κ3) is 1.70. The molecule has 3 rings (SSSR count). The van der Waals surface area contributed by atoms with Crippen LogP contribution in [0.3, 0.4) is 0 Å². The molecular weight excluding hydrogens is 282 g/mol. The smallest absolute Gasteiger partial charge is 0.137 e. The molecule has 2 aromatic rings. The first-order chi connectivity index (χ1) is 8.15. The van der Waals surface area contributed by atoms with Crippen LogP contribution in [-0.2, 0) is 6.42 Å². The van der Waals surface area contributed by atoms with Crippen molar-refractivity contribution in [3.63, 3.8) is 0 Å². The largest absolute Gasteiger partial charge is 0.489 e. The molecule has 1 atom stereocenters. The van der Waals surface area contributed by atoms with Crippen LogP contribution < -0.4 is 10.5 Å². The molecule has 17 heavy (non-hydrogen) atoms. The van der Waals surface area contributed by atoms with Crippen LogP contribution in [0, 0.1) is 0 Å². The highest BCUT2D eigenvalue weighted by Crippen LogP contribution is 2.40. The molecule has 1 aromatic carbocycles. The van der Waals surface area contributed by atoms with Crippen LogP contribution in [0.4, 0.5) is 5.82 Å². The molecule has 1 aliphatic rings. The highest BCUT2D eigenvalue weighted by Gasteiger charge is 2.23. The lowest BCUT2D eigenvalue weighted by molar-refractivity contribution is 0.253. The summed E-state index contributed by atoms with van der Waals surface area (Å²) in [4.78, 5) is 0. The van der Waals surface area contributed by atoms with Gasteiger partial charge in [0.15, 0.2) is 0 Å². The monoisotopic (exact) mass is 293 g/mol. The number of nitrogens with zero attached hydrogens (tertiary/aromatic N) is 1. The molecule has 1 unspecified atom stereocenters. The molecule has 0 aliphatic carbocycles. The minimum Gasteiger partial charge on any atom is -0.489 e. The highest BCUT2D eigenvalue weighted by atomic mass is 79.9. The van der Waals surface area contributed by atoms with E-state index in [-0.39, 0.29) is 6.10 Å². The average Bonchev–Trinajstić information content (AvgIpc) is 2.83.